The zero-order valence-corrected chi connectivity index (χ0v) is 35.3. The predicted molar refractivity (Wildman–Crippen MR) is 274 cm³/mol. The van der Waals surface area contributed by atoms with Crippen molar-refractivity contribution in [1.82, 2.24) is 28.1 Å². The lowest BCUT2D eigenvalue weighted by Crippen LogP contribution is -2.04. The summed E-state index contributed by atoms with van der Waals surface area (Å²) in [6, 6.07) is 74.9. The van der Waals surface area contributed by atoms with Crippen LogP contribution in [0.2, 0.25) is 0 Å². The van der Waals surface area contributed by atoms with Gasteiger partial charge in [0.15, 0.2) is 0 Å². The molecule has 0 saturated heterocycles. The molecule has 6 heterocycles. The molecule has 0 amide bonds. The fourth-order valence-electron chi connectivity index (χ4n) is 11.9. The number of fused-ring (bicyclic) bond motifs is 10. The maximum absolute atomic E-state index is 5.78. The number of rotatable bonds is 4. The van der Waals surface area contributed by atoms with Crippen LogP contribution in [0.1, 0.15) is 0 Å². The molecule has 0 aliphatic carbocycles. The SMILES string of the molecule is c1ccc(-n2c3ccccc3c3cc(-c4nc(-n5c6ccc7c8c6c6c5ccc5c9ccccc9n(c9cccc(c89)n7-c7ccccc7)c56)nc5ccc6ccccc6c45)ccc32)cc1. The van der Waals surface area contributed by atoms with Crippen LogP contribution < -0.4 is 0 Å². The summed E-state index contributed by atoms with van der Waals surface area (Å²) in [7, 11) is 0. The van der Waals surface area contributed by atoms with Gasteiger partial charge in [-0.3, -0.25) is 4.57 Å². The van der Waals surface area contributed by atoms with E-state index in [1.807, 2.05) is 0 Å². The summed E-state index contributed by atoms with van der Waals surface area (Å²) in [5, 5.41) is 13.1. The lowest BCUT2D eigenvalue weighted by Gasteiger charge is -2.14. The van der Waals surface area contributed by atoms with Gasteiger partial charge in [-0.15, -0.1) is 0 Å². The predicted octanol–water partition coefficient (Wildman–Crippen LogP) is 15.2. The van der Waals surface area contributed by atoms with Crippen LogP contribution in [0.4, 0.5) is 0 Å². The first-order chi connectivity index (χ1) is 32.8. The first kappa shape index (κ1) is 34.5. The van der Waals surface area contributed by atoms with E-state index in [2.05, 4.69) is 224 Å². The zero-order chi connectivity index (χ0) is 42.8. The van der Waals surface area contributed by atoms with Crippen molar-refractivity contribution < 1.29 is 0 Å². The van der Waals surface area contributed by atoms with Gasteiger partial charge in [0.1, 0.15) is 0 Å². The van der Waals surface area contributed by atoms with E-state index < -0.39 is 0 Å². The third kappa shape index (κ3) is 4.26. The monoisotopic (exact) mass is 838 g/mol. The fraction of sp³-hybridized carbons (Fsp3) is 0. The second-order valence-electron chi connectivity index (χ2n) is 17.7. The molecule has 0 bridgehead atoms. The summed E-state index contributed by atoms with van der Waals surface area (Å²) in [6.07, 6.45) is 0. The van der Waals surface area contributed by atoms with Crippen molar-refractivity contribution in [2.24, 2.45) is 0 Å². The molecular formula is C60H34N6. The van der Waals surface area contributed by atoms with E-state index in [1.165, 1.54) is 76.2 Å². The van der Waals surface area contributed by atoms with Crippen LogP contribution in [-0.2, 0) is 0 Å². The van der Waals surface area contributed by atoms with Crippen molar-refractivity contribution in [3.05, 3.63) is 206 Å². The smallest absolute Gasteiger partial charge is 0.235 e. The molecular weight excluding hydrogens is 805 g/mol. The largest absolute Gasteiger partial charge is 0.309 e. The van der Waals surface area contributed by atoms with Crippen molar-refractivity contribution in [1.29, 1.82) is 0 Å². The van der Waals surface area contributed by atoms with Crippen molar-refractivity contribution in [3.8, 4) is 28.6 Å². The maximum atomic E-state index is 5.78. The van der Waals surface area contributed by atoms with Gasteiger partial charge in [0.25, 0.3) is 0 Å². The van der Waals surface area contributed by atoms with Gasteiger partial charge in [0.2, 0.25) is 5.95 Å². The third-order valence-electron chi connectivity index (χ3n) is 14.5. The molecule has 0 radical (unpaired) electrons. The first-order valence-electron chi connectivity index (χ1n) is 22.6. The topological polar surface area (TPSA) is 45.0 Å². The highest BCUT2D eigenvalue weighted by Gasteiger charge is 2.28. The molecule has 0 aliphatic rings. The second kappa shape index (κ2) is 12.4. The Labute approximate surface area is 375 Å². The summed E-state index contributed by atoms with van der Waals surface area (Å²) in [4.78, 5) is 11.4. The molecule has 0 aliphatic heterocycles. The summed E-state index contributed by atoms with van der Waals surface area (Å²) in [5.41, 5.74) is 15.6. The highest BCUT2D eigenvalue weighted by Crippen LogP contribution is 2.49. The standard InChI is InChI=1S/C60H34N6/c1-3-15-37(16-4-1)63-45-22-11-10-21-41(45)43-34-36(27-30-47(43)63)58-53-39-19-8-7-14-35(39)26-29-44(53)61-60(62-58)66-51-33-32-50-55-54-48(64(50)38-17-5-2-6-18-38)24-13-25-49(54)65-46-23-12-9-20-40(46)42-28-31-52(66)57(56(51)55)59(42)65/h1-34H. The Morgan fingerprint density at radius 1 is 0.303 bits per heavy atom. The summed E-state index contributed by atoms with van der Waals surface area (Å²) >= 11 is 0. The molecule has 16 rings (SSSR count). The van der Waals surface area contributed by atoms with E-state index in [9.17, 15) is 0 Å². The summed E-state index contributed by atoms with van der Waals surface area (Å²) in [5.74, 6) is 0.647. The Balaban J connectivity index is 1.06. The number of hydrogen-bond acceptors (Lipinski definition) is 2. The minimum Gasteiger partial charge on any atom is -0.309 e. The number of benzene rings is 10. The van der Waals surface area contributed by atoms with Crippen LogP contribution in [-0.4, -0.2) is 28.1 Å². The van der Waals surface area contributed by atoms with Gasteiger partial charge in [-0.05, 0) is 95.7 Å². The first-order valence-corrected chi connectivity index (χ1v) is 22.6. The van der Waals surface area contributed by atoms with E-state index in [0.29, 0.717) is 5.95 Å². The zero-order valence-electron chi connectivity index (χ0n) is 35.3. The van der Waals surface area contributed by atoms with E-state index in [4.69, 9.17) is 9.97 Å². The molecule has 0 saturated carbocycles. The Bertz CT molecular complexity index is 4680. The van der Waals surface area contributed by atoms with Crippen molar-refractivity contribution in [2.75, 3.05) is 0 Å². The van der Waals surface area contributed by atoms with Gasteiger partial charge in [-0.25, -0.2) is 9.97 Å². The Hall–Kier alpha value is -9.00. The molecule has 6 aromatic heterocycles. The molecule has 16 aromatic rings. The number of nitrogens with zero attached hydrogens (tertiary/aromatic N) is 6. The minimum absolute atomic E-state index is 0.647. The minimum atomic E-state index is 0.647. The van der Waals surface area contributed by atoms with Gasteiger partial charge in [-0.2, -0.15) is 0 Å². The lowest BCUT2D eigenvalue weighted by molar-refractivity contribution is 1.01. The molecule has 0 atom stereocenters. The highest BCUT2D eigenvalue weighted by molar-refractivity contribution is 6.38. The molecule has 66 heavy (non-hydrogen) atoms. The molecule has 6 heteroatoms. The summed E-state index contributed by atoms with van der Waals surface area (Å²) < 4.78 is 9.67. The number of para-hydroxylation sites is 4. The normalized spacial score (nSPS) is 12.5. The van der Waals surface area contributed by atoms with Crippen LogP contribution in [0.15, 0.2) is 206 Å². The third-order valence-corrected chi connectivity index (χ3v) is 14.5. The Kier molecular flexibility index (Phi) is 6.47. The Morgan fingerprint density at radius 2 is 0.864 bits per heavy atom. The quantitative estimate of drug-likeness (QED) is 0.166. The van der Waals surface area contributed by atoms with Gasteiger partial charge in [-0.1, -0.05) is 121 Å². The van der Waals surface area contributed by atoms with Gasteiger partial charge in [0, 0.05) is 65.4 Å². The van der Waals surface area contributed by atoms with E-state index in [0.717, 1.165) is 60.9 Å². The number of hydrogen-bond donors (Lipinski definition) is 0. The van der Waals surface area contributed by atoms with Crippen LogP contribution in [0.25, 0.3) is 143 Å². The Morgan fingerprint density at radius 3 is 1.67 bits per heavy atom. The van der Waals surface area contributed by atoms with Crippen LogP contribution in [0.3, 0.4) is 0 Å². The van der Waals surface area contributed by atoms with Gasteiger partial charge < -0.3 is 13.5 Å². The average molecular weight is 839 g/mol. The molecule has 10 aromatic carbocycles. The highest BCUT2D eigenvalue weighted by atomic mass is 15.2. The molecule has 0 unspecified atom stereocenters. The van der Waals surface area contributed by atoms with Crippen LogP contribution in [0, 0.1) is 0 Å². The van der Waals surface area contributed by atoms with E-state index in [1.54, 1.807) is 0 Å². The van der Waals surface area contributed by atoms with Crippen LogP contribution in [0.5, 0.6) is 0 Å². The molecule has 0 spiro atoms. The van der Waals surface area contributed by atoms with E-state index >= 15 is 0 Å². The molecule has 304 valence electrons. The molecule has 0 fully saturated rings. The molecule has 0 N–H and O–H groups in total. The second-order valence-corrected chi connectivity index (χ2v) is 17.7. The maximum Gasteiger partial charge on any atom is 0.235 e. The van der Waals surface area contributed by atoms with Crippen molar-refractivity contribution in [3.63, 3.8) is 0 Å². The lowest BCUT2D eigenvalue weighted by atomic mass is 9.99. The van der Waals surface area contributed by atoms with Gasteiger partial charge >= 0.3 is 0 Å². The fourth-order valence-corrected chi connectivity index (χ4v) is 11.9. The molecule has 6 nitrogen and oxygen atoms in total. The average Bonchev–Trinajstić information content (AvgIpc) is 4.08. The van der Waals surface area contributed by atoms with Crippen molar-refractivity contribution in [2.45, 2.75) is 0 Å². The van der Waals surface area contributed by atoms with E-state index in [-0.39, 0.29) is 0 Å². The van der Waals surface area contributed by atoms with Gasteiger partial charge in [0.05, 0.1) is 60.9 Å². The number of aromatic nitrogens is 6. The van der Waals surface area contributed by atoms with Crippen LogP contribution >= 0.6 is 0 Å². The summed E-state index contributed by atoms with van der Waals surface area (Å²) in [6.45, 7) is 0. The van der Waals surface area contributed by atoms with Crippen molar-refractivity contribution >= 4 is 114 Å².